The van der Waals surface area contributed by atoms with E-state index in [-0.39, 0.29) is 12.1 Å². The van der Waals surface area contributed by atoms with Gasteiger partial charge in [-0.25, -0.2) is 0 Å². The predicted molar refractivity (Wildman–Crippen MR) is 60.4 cm³/mol. The quantitative estimate of drug-likeness (QED) is 0.685. The van der Waals surface area contributed by atoms with Gasteiger partial charge in [0, 0.05) is 12.2 Å². The van der Waals surface area contributed by atoms with Crippen LogP contribution in [0.5, 0.6) is 0 Å². The maximum atomic E-state index is 11.6. The lowest BCUT2D eigenvalue weighted by molar-refractivity contribution is 0.0693. The van der Waals surface area contributed by atoms with Crippen molar-refractivity contribution in [1.29, 1.82) is 0 Å². The van der Waals surface area contributed by atoms with Gasteiger partial charge in [-0.05, 0) is 32.9 Å². The second-order valence-electron chi connectivity index (χ2n) is 4.38. The topological polar surface area (TPSA) is 82.2 Å². The van der Waals surface area contributed by atoms with Gasteiger partial charge < -0.3 is 15.4 Å². The minimum Gasteiger partial charge on any atom is -0.389 e. The number of H-pyrrole nitrogens is 1. The van der Waals surface area contributed by atoms with Crippen LogP contribution >= 0.6 is 0 Å². The molecule has 0 aliphatic rings. The highest BCUT2D eigenvalue weighted by atomic mass is 16.3. The monoisotopic (exact) mass is 224 g/mol. The molecule has 1 aromatic heterocycles. The van der Waals surface area contributed by atoms with Crippen LogP contribution in [0.15, 0.2) is 16.9 Å². The average Bonchev–Trinajstić information content (AvgIpc) is 2.13. The number of aromatic amines is 1. The molecule has 0 saturated heterocycles. The Bertz CT molecular complexity index is 443. The molecule has 1 heterocycles. The van der Waals surface area contributed by atoms with Crippen LogP contribution in [-0.2, 0) is 0 Å². The van der Waals surface area contributed by atoms with Crippen molar-refractivity contribution in [2.24, 2.45) is 0 Å². The van der Waals surface area contributed by atoms with Crippen LogP contribution in [-0.4, -0.2) is 28.1 Å². The van der Waals surface area contributed by atoms with Crippen LogP contribution in [0.4, 0.5) is 0 Å². The zero-order valence-electron chi connectivity index (χ0n) is 9.63. The molecule has 0 saturated carbocycles. The number of hydrogen-bond donors (Lipinski definition) is 3. The lowest BCUT2D eigenvalue weighted by atomic mass is 10.1. The molecule has 0 spiro atoms. The zero-order chi connectivity index (χ0) is 12.3. The lowest BCUT2D eigenvalue weighted by Crippen LogP contribution is -2.39. The fraction of sp³-hybridized carbons (Fsp3) is 0.455. The van der Waals surface area contributed by atoms with Crippen LogP contribution in [0, 0.1) is 6.92 Å². The number of carbonyl (C=O) groups excluding carboxylic acids is 1. The fourth-order valence-electron chi connectivity index (χ4n) is 1.14. The molecule has 1 amide bonds. The van der Waals surface area contributed by atoms with E-state index in [2.05, 4.69) is 10.3 Å². The Labute approximate surface area is 93.5 Å². The molecule has 16 heavy (non-hydrogen) atoms. The minimum absolute atomic E-state index is 0.0508. The Hall–Kier alpha value is -1.62. The number of hydrogen-bond acceptors (Lipinski definition) is 3. The highest BCUT2D eigenvalue weighted by Gasteiger charge is 2.16. The van der Waals surface area contributed by atoms with Crippen LogP contribution in [0.25, 0.3) is 0 Å². The van der Waals surface area contributed by atoms with Crippen molar-refractivity contribution >= 4 is 5.91 Å². The van der Waals surface area contributed by atoms with Gasteiger partial charge in [0.1, 0.15) is 5.56 Å². The summed E-state index contributed by atoms with van der Waals surface area (Å²) in [6.45, 7) is 4.98. The van der Waals surface area contributed by atoms with E-state index in [1.165, 1.54) is 6.07 Å². The summed E-state index contributed by atoms with van der Waals surface area (Å²) in [6.07, 6.45) is 0. The number of nitrogens with one attached hydrogen (secondary N) is 2. The number of amides is 1. The second kappa shape index (κ2) is 4.49. The van der Waals surface area contributed by atoms with Crippen LogP contribution in [0.2, 0.25) is 0 Å². The molecule has 0 unspecified atom stereocenters. The number of aromatic nitrogens is 1. The van der Waals surface area contributed by atoms with Gasteiger partial charge >= 0.3 is 0 Å². The normalized spacial score (nSPS) is 11.2. The van der Waals surface area contributed by atoms with E-state index in [1.807, 2.05) is 0 Å². The summed E-state index contributed by atoms with van der Waals surface area (Å²) < 4.78 is 0. The highest BCUT2D eigenvalue weighted by molar-refractivity contribution is 5.93. The highest BCUT2D eigenvalue weighted by Crippen LogP contribution is 1.99. The molecule has 0 fully saturated rings. The van der Waals surface area contributed by atoms with Gasteiger partial charge in [-0.3, -0.25) is 9.59 Å². The number of aliphatic hydroxyl groups is 1. The fourth-order valence-corrected chi connectivity index (χ4v) is 1.14. The van der Waals surface area contributed by atoms with Crippen molar-refractivity contribution in [3.63, 3.8) is 0 Å². The second-order valence-corrected chi connectivity index (χ2v) is 4.38. The molecular weight excluding hydrogens is 208 g/mol. The summed E-state index contributed by atoms with van der Waals surface area (Å²) in [4.78, 5) is 25.5. The molecular formula is C11H16N2O3. The van der Waals surface area contributed by atoms with Gasteiger partial charge in [0.25, 0.3) is 11.5 Å². The summed E-state index contributed by atoms with van der Waals surface area (Å²) in [5.41, 5.74) is -0.667. The number of carbonyl (C=O) groups is 1. The lowest BCUT2D eigenvalue weighted by Gasteiger charge is -2.17. The Morgan fingerprint density at radius 3 is 2.62 bits per heavy atom. The van der Waals surface area contributed by atoms with Gasteiger partial charge in [-0.15, -0.1) is 0 Å². The van der Waals surface area contributed by atoms with Gasteiger partial charge in [-0.1, -0.05) is 0 Å². The molecule has 3 N–H and O–H groups in total. The van der Waals surface area contributed by atoms with Gasteiger partial charge in [0.15, 0.2) is 0 Å². The summed E-state index contributed by atoms with van der Waals surface area (Å²) >= 11 is 0. The van der Waals surface area contributed by atoms with Crippen molar-refractivity contribution in [2.45, 2.75) is 26.4 Å². The molecule has 5 nitrogen and oxygen atoms in total. The van der Waals surface area contributed by atoms with Gasteiger partial charge in [0.2, 0.25) is 0 Å². The summed E-state index contributed by atoms with van der Waals surface area (Å²) in [5.74, 6) is -0.483. The Morgan fingerprint density at radius 2 is 2.12 bits per heavy atom. The first kappa shape index (κ1) is 12.4. The molecule has 0 atom stereocenters. The number of rotatable bonds is 3. The number of pyridine rings is 1. The average molecular weight is 224 g/mol. The molecule has 1 rings (SSSR count). The molecule has 88 valence electrons. The first-order chi connectivity index (χ1) is 7.29. The van der Waals surface area contributed by atoms with E-state index in [9.17, 15) is 14.7 Å². The van der Waals surface area contributed by atoms with E-state index in [4.69, 9.17) is 0 Å². The van der Waals surface area contributed by atoms with Gasteiger partial charge in [0.05, 0.1) is 5.60 Å². The SMILES string of the molecule is Cc1ccc(C(=O)NCC(C)(C)O)c(=O)[nH]1. The smallest absolute Gasteiger partial charge is 0.260 e. The molecule has 0 aromatic carbocycles. The Balaban J connectivity index is 2.78. The zero-order valence-corrected chi connectivity index (χ0v) is 9.63. The third-order valence-electron chi connectivity index (χ3n) is 1.98. The van der Waals surface area contributed by atoms with Crippen LogP contribution in [0.3, 0.4) is 0 Å². The summed E-state index contributed by atoms with van der Waals surface area (Å²) in [5, 5.41) is 11.9. The summed E-state index contributed by atoms with van der Waals surface area (Å²) in [7, 11) is 0. The molecule has 0 aliphatic heterocycles. The van der Waals surface area contributed by atoms with Crippen molar-refractivity contribution < 1.29 is 9.90 Å². The summed E-state index contributed by atoms with van der Waals surface area (Å²) in [6, 6.07) is 3.12. The van der Waals surface area contributed by atoms with Gasteiger partial charge in [-0.2, -0.15) is 0 Å². The van der Waals surface area contributed by atoms with E-state index in [0.29, 0.717) is 5.69 Å². The van der Waals surface area contributed by atoms with Crippen LogP contribution in [0.1, 0.15) is 29.9 Å². The molecule has 5 heteroatoms. The molecule has 0 radical (unpaired) electrons. The maximum absolute atomic E-state index is 11.6. The van der Waals surface area contributed by atoms with E-state index in [1.54, 1.807) is 26.8 Å². The van der Waals surface area contributed by atoms with Crippen molar-refractivity contribution in [1.82, 2.24) is 10.3 Å². The maximum Gasteiger partial charge on any atom is 0.260 e. The Morgan fingerprint density at radius 1 is 1.50 bits per heavy atom. The largest absolute Gasteiger partial charge is 0.389 e. The van der Waals surface area contributed by atoms with Crippen molar-refractivity contribution in [3.05, 3.63) is 33.7 Å². The van der Waals surface area contributed by atoms with E-state index >= 15 is 0 Å². The van der Waals surface area contributed by atoms with E-state index in [0.717, 1.165) is 0 Å². The molecule has 0 bridgehead atoms. The molecule has 0 aliphatic carbocycles. The van der Waals surface area contributed by atoms with Crippen molar-refractivity contribution in [3.8, 4) is 0 Å². The molecule has 1 aromatic rings. The minimum atomic E-state index is -0.993. The Kier molecular flexibility index (Phi) is 3.49. The predicted octanol–water partition coefficient (Wildman–Crippen LogP) is 0.184. The number of aryl methyl sites for hydroxylation is 1. The first-order valence-electron chi connectivity index (χ1n) is 5.00. The first-order valence-corrected chi connectivity index (χ1v) is 5.00. The third kappa shape index (κ3) is 3.51. The standard InChI is InChI=1S/C11H16N2O3/c1-7-4-5-8(10(15)13-7)9(14)12-6-11(2,3)16/h4-5,16H,6H2,1-3H3,(H,12,14)(H,13,15). The van der Waals surface area contributed by atoms with E-state index < -0.39 is 17.1 Å². The third-order valence-corrected chi connectivity index (χ3v) is 1.98. The van der Waals surface area contributed by atoms with Crippen LogP contribution < -0.4 is 10.9 Å². The van der Waals surface area contributed by atoms with Crippen molar-refractivity contribution in [2.75, 3.05) is 6.54 Å².